The fourth-order valence-electron chi connectivity index (χ4n) is 22.9. The van der Waals surface area contributed by atoms with Crippen LogP contribution in [0.15, 0.2) is 0 Å². The zero-order chi connectivity index (χ0) is 88.5. The molecule has 8 fully saturated rings. The summed E-state index contributed by atoms with van der Waals surface area (Å²) in [6, 6.07) is 0. The Bertz CT molecular complexity index is 3150. The van der Waals surface area contributed by atoms with Crippen molar-refractivity contribution in [2.45, 2.75) is 487 Å². The molecule has 0 saturated carbocycles. The van der Waals surface area contributed by atoms with Gasteiger partial charge in [0.05, 0.1) is 49.4 Å². The zero-order valence-corrected chi connectivity index (χ0v) is 79.4. The van der Waals surface area contributed by atoms with E-state index in [-0.39, 0.29) is 88.6 Å². The monoisotopic (exact) mass is 1640 g/mol. The van der Waals surface area contributed by atoms with Crippen molar-refractivity contribution >= 4 is 47.8 Å². The summed E-state index contributed by atoms with van der Waals surface area (Å²) in [6.07, 6.45) is 3.89. The number of esters is 8. The van der Waals surface area contributed by atoms with Gasteiger partial charge in [0.25, 0.3) is 0 Å². The summed E-state index contributed by atoms with van der Waals surface area (Å²) >= 11 is 0. The van der Waals surface area contributed by atoms with Gasteiger partial charge in [-0.2, -0.15) is 0 Å². The molecule has 4 unspecified atom stereocenters. The second kappa shape index (κ2) is 34.6. The fourth-order valence-corrected chi connectivity index (χ4v) is 22.9. The number of ether oxygens (including phenoxy) is 8. The van der Waals surface area contributed by atoms with E-state index in [9.17, 15) is 38.4 Å². The third kappa shape index (κ3) is 26.7. The van der Waals surface area contributed by atoms with Gasteiger partial charge in [-0.3, -0.25) is 58.0 Å². The minimum atomic E-state index is -1.34. The van der Waals surface area contributed by atoms with Crippen LogP contribution in [0.4, 0.5) is 0 Å². The molecule has 116 heavy (non-hydrogen) atoms. The number of likely N-dealkylation sites (tertiary alicyclic amines) is 4. The second-order valence-electron chi connectivity index (χ2n) is 47.5. The summed E-state index contributed by atoms with van der Waals surface area (Å²) in [6.45, 7) is 67.2. The van der Waals surface area contributed by atoms with Crippen LogP contribution in [0, 0.1) is 23.7 Å². The molecular weight excluding hydrogens is 1470 g/mol. The molecule has 0 aromatic carbocycles. The van der Waals surface area contributed by atoms with Crippen molar-refractivity contribution in [1.29, 1.82) is 0 Å². The first-order valence-corrected chi connectivity index (χ1v) is 43.8. The molecule has 8 rings (SSSR count). The van der Waals surface area contributed by atoms with Gasteiger partial charge in [-0.25, -0.2) is 0 Å². The molecule has 668 valence electrons. The number of nitrogens with one attached hydrogen (secondary N) is 4. The maximum atomic E-state index is 14.8. The molecule has 0 amide bonds. The van der Waals surface area contributed by atoms with Crippen molar-refractivity contribution in [3.05, 3.63) is 0 Å². The summed E-state index contributed by atoms with van der Waals surface area (Å²) in [5.74, 6) is -10.6. The zero-order valence-electron chi connectivity index (χ0n) is 79.4. The molecule has 8 saturated heterocycles. The lowest BCUT2D eigenvalue weighted by atomic mass is 9.78. The number of hydrogen-bond acceptors (Lipinski definition) is 24. The van der Waals surface area contributed by atoms with Crippen LogP contribution < -0.4 is 21.3 Å². The van der Waals surface area contributed by atoms with Crippen LogP contribution in [0.3, 0.4) is 0 Å². The third-order valence-corrected chi connectivity index (χ3v) is 27.7. The van der Waals surface area contributed by atoms with Crippen molar-refractivity contribution < 1.29 is 76.3 Å². The Morgan fingerprint density at radius 2 is 0.328 bits per heavy atom. The Morgan fingerprint density at radius 1 is 0.216 bits per heavy atom. The molecule has 8 aliphatic rings. The highest BCUT2D eigenvalue weighted by molar-refractivity contribution is 5.90. The van der Waals surface area contributed by atoms with Gasteiger partial charge in [0, 0.05) is 191 Å². The summed E-state index contributed by atoms with van der Waals surface area (Å²) in [5, 5.41) is 14.5. The first-order valence-electron chi connectivity index (χ1n) is 43.8. The van der Waals surface area contributed by atoms with Gasteiger partial charge in [0.2, 0.25) is 0 Å². The third-order valence-electron chi connectivity index (χ3n) is 27.7. The van der Waals surface area contributed by atoms with E-state index >= 15 is 0 Å². The molecule has 8 aliphatic heterocycles. The number of rotatable bonds is 22. The van der Waals surface area contributed by atoms with E-state index < -0.39 is 146 Å². The summed E-state index contributed by atoms with van der Waals surface area (Å²) in [4.78, 5) is 125. The fraction of sp³-hybridized carbons (Fsp3) is 0.913. The van der Waals surface area contributed by atoms with Crippen molar-refractivity contribution in [1.82, 2.24) is 40.9 Å². The Labute approximate surface area is 700 Å². The first-order chi connectivity index (χ1) is 52.1. The lowest BCUT2D eigenvalue weighted by Gasteiger charge is -2.53. The molecule has 0 spiro atoms. The van der Waals surface area contributed by atoms with Gasteiger partial charge in [-0.15, -0.1) is 0 Å². The normalized spacial score (nSPS) is 28.1. The number of carbonyl (C=O) groups excluding carboxylic acids is 8. The van der Waals surface area contributed by atoms with Gasteiger partial charge in [-0.1, -0.05) is 0 Å². The maximum Gasteiger partial charge on any atom is 0.310 e. The quantitative estimate of drug-likeness (QED) is 0.0579. The smallest absolute Gasteiger partial charge is 0.310 e. The van der Waals surface area contributed by atoms with Crippen LogP contribution >= 0.6 is 0 Å². The van der Waals surface area contributed by atoms with E-state index in [0.717, 1.165) is 0 Å². The van der Waals surface area contributed by atoms with E-state index in [1.807, 2.05) is 0 Å². The Morgan fingerprint density at radius 3 is 0.466 bits per heavy atom. The highest BCUT2D eigenvalue weighted by Crippen LogP contribution is 2.46. The van der Waals surface area contributed by atoms with E-state index in [2.05, 4.69) is 291 Å². The van der Waals surface area contributed by atoms with Crippen LogP contribution in [0.25, 0.3) is 0 Å². The predicted octanol–water partition coefficient (Wildman–Crippen LogP) is 14.2. The molecule has 4 N–H and O–H groups in total. The van der Waals surface area contributed by atoms with Crippen LogP contribution in [0.1, 0.15) is 350 Å². The second-order valence-corrected chi connectivity index (χ2v) is 47.5. The Kier molecular flexibility index (Phi) is 29.4. The largest absolute Gasteiger partial charge is 0.462 e. The van der Waals surface area contributed by atoms with Crippen LogP contribution in [-0.2, 0) is 76.3 Å². The van der Waals surface area contributed by atoms with Crippen molar-refractivity contribution in [2.24, 2.45) is 23.7 Å². The molecule has 0 bridgehead atoms. The average molecular weight is 1640 g/mol. The Hall–Kier alpha value is -4.56. The van der Waals surface area contributed by atoms with E-state index in [1.54, 1.807) is 0 Å². The number of carbonyl (C=O) groups is 8. The Balaban J connectivity index is 0.000000322. The SMILES string of the molecule is CC1(C)CC(OC(=O)CC(C(=O)OC2CC(C)(C)NC(C)(C)C2)C(CC(=O)OC2CC(C)(C)NC(C)(C)C2)C(=O)OC2CC(C)(C)NC(C)(C)C2)CC(C)(C)N1.CN1C(C)(C)CC(OC(=O)CC(C(=O)OC2CC(C)(C)N(C)C(C)(C)C2)C(CC(=O)OC2CC(C)(C)N(C)C(C)(C)C2)C(=O)OC2CC(C)(C)N(C)C(C)(C)C2)CC1(C)C. The van der Waals surface area contributed by atoms with E-state index in [4.69, 9.17) is 37.9 Å². The lowest BCUT2D eigenvalue weighted by molar-refractivity contribution is -0.182. The summed E-state index contributed by atoms with van der Waals surface area (Å²) < 4.78 is 50.1. The van der Waals surface area contributed by atoms with E-state index in [0.29, 0.717) is 103 Å². The van der Waals surface area contributed by atoms with E-state index in [1.165, 1.54) is 0 Å². The topological polar surface area (TPSA) is 271 Å². The van der Waals surface area contributed by atoms with Gasteiger partial charge in [0.15, 0.2) is 0 Å². The van der Waals surface area contributed by atoms with Gasteiger partial charge < -0.3 is 59.2 Å². The van der Waals surface area contributed by atoms with Gasteiger partial charge in [-0.05, 0) is 250 Å². The lowest BCUT2D eigenvalue weighted by Crippen LogP contribution is -2.61. The molecule has 0 radical (unpaired) electrons. The van der Waals surface area contributed by atoms with Crippen LogP contribution in [-0.4, -0.2) is 233 Å². The van der Waals surface area contributed by atoms with Crippen molar-refractivity contribution in [3.63, 3.8) is 0 Å². The first kappa shape index (κ1) is 98.6. The number of hydrogen-bond donors (Lipinski definition) is 4. The highest BCUT2D eigenvalue weighted by atomic mass is 16.6. The number of nitrogens with zero attached hydrogens (tertiary/aromatic N) is 4. The van der Waals surface area contributed by atoms with Crippen LogP contribution in [0.5, 0.6) is 0 Å². The standard InChI is InChI=1S/C48H86N4O8.C44H78N4O8/c1-41(2)23-31(24-42(3,4)49(41)17)57-37(53)21-35(39(55)59-33-27-45(9,10)51(19)46(11,12)28-33)36(40(56)60-34-29-47(13,14)52(20)48(15,16)30-34)22-38(54)58-32-25-43(5,6)50(18)44(7,8)26-32;1-37(2)19-27(20-38(3,4)45-37)53-33(49)17-31(35(51)55-29-23-41(9,10)47-42(11,12)24-29)32(36(52)56-30-25-43(13,14)48-44(15,16)26-30)18-34(50)54-28-21-39(5,6)46-40(7,8)22-28/h31-36H,21-30H2,1-20H3;27-32,45-48H,17-26H2,1-16H3. The molecule has 0 aromatic heterocycles. The average Bonchev–Trinajstić information content (AvgIpc) is 0.774. The molecule has 0 aromatic rings. The molecule has 0 aliphatic carbocycles. The van der Waals surface area contributed by atoms with Gasteiger partial charge >= 0.3 is 47.8 Å². The summed E-state index contributed by atoms with van der Waals surface area (Å²) in [5.41, 5.74) is -4.63. The molecule has 24 nitrogen and oxygen atoms in total. The minimum absolute atomic E-state index is 0.248. The van der Waals surface area contributed by atoms with Crippen molar-refractivity contribution in [2.75, 3.05) is 28.2 Å². The van der Waals surface area contributed by atoms with Crippen molar-refractivity contribution in [3.8, 4) is 0 Å². The molecule has 8 heterocycles. The van der Waals surface area contributed by atoms with Crippen LogP contribution in [0.2, 0.25) is 0 Å². The van der Waals surface area contributed by atoms with Gasteiger partial charge in [0.1, 0.15) is 48.8 Å². The molecular formula is C92H164N8O16. The minimum Gasteiger partial charge on any atom is -0.462 e. The summed E-state index contributed by atoms with van der Waals surface area (Å²) in [7, 11) is 8.34. The predicted molar refractivity (Wildman–Crippen MR) is 454 cm³/mol. The molecule has 24 heteroatoms. The molecule has 4 atom stereocenters. The maximum absolute atomic E-state index is 14.8. The number of piperidine rings is 8. The highest BCUT2D eigenvalue weighted by Gasteiger charge is 2.54.